The van der Waals surface area contributed by atoms with Gasteiger partial charge in [-0.15, -0.1) is 0 Å². The molecule has 39 heavy (non-hydrogen) atoms. The van der Waals surface area contributed by atoms with Crippen LogP contribution in [0.25, 0.3) is 6.08 Å². The van der Waals surface area contributed by atoms with Crippen LogP contribution in [0.4, 0.5) is 5.69 Å². The molecular formula is C31H26N2O6. The lowest BCUT2D eigenvalue weighted by atomic mass is 9.68. The van der Waals surface area contributed by atoms with Gasteiger partial charge in [0.25, 0.3) is 0 Å². The van der Waals surface area contributed by atoms with Crippen LogP contribution in [0.5, 0.6) is 11.5 Å². The molecular weight excluding hydrogens is 496 g/mol. The maximum atomic E-state index is 14.4. The summed E-state index contributed by atoms with van der Waals surface area (Å²) in [5.74, 6) is -1.46. The minimum absolute atomic E-state index is 0.290. The Morgan fingerprint density at radius 2 is 1.59 bits per heavy atom. The third-order valence-electron chi connectivity index (χ3n) is 7.40. The average Bonchev–Trinajstić information content (AvgIpc) is 3.28. The predicted molar refractivity (Wildman–Crippen MR) is 143 cm³/mol. The van der Waals surface area contributed by atoms with Gasteiger partial charge in [-0.25, -0.2) is 0 Å². The van der Waals surface area contributed by atoms with Crippen LogP contribution in [0.3, 0.4) is 0 Å². The molecule has 2 heterocycles. The molecule has 3 aromatic rings. The second-order valence-corrected chi connectivity index (χ2v) is 9.42. The number of carbonyl (C=O) groups excluding carboxylic acids is 3. The number of nitrogens with zero attached hydrogens (tertiary/aromatic N) is 2. The lowest BCUT2D eigenvalue weighted by Crippen LogP contribution is -2.46. The van der Waals surface area contributed by atoms with Gasteiger partial charge in [-0.1, -0.05) is 42.5 Å². The lowest BCUT2D eigenvalue weighted by Gasteiger charge is -2.36. The van der Waals surface area contributed by atoms with Crippen molar-refractivity contribution in [2.24, 2.45) is 5.41 Å². The smallest absolute Gasteiger partial charge is 0.329 e. The van der Waals surface area contributed by atoms with Crippen LogP contribution >= 0.6 is 0 Å². The summed E-state index contributed by atoms with van der Waals surface area (Å²) in [6.45, 7) is 1.30. The average molecular weight is 523 g/mol. The molecule has 8 heteroatoms. The zero-order valence-corrected chi connectivity index (χ0v) is 21.7. The van der Waals surface area contributed by atoms with Crippen molar-refractivity contribution in [1.82, 2.24) is 0 Å². The fourth-order valence-corrected chi connectivity index (χ4v) is 5.74. The second-order valence-electron chi connectivity index (χ2n) is 9.42. The molecule has 4 unspecified atom stereocenters. The first-order valence-corrected chi connectivity index (χ1v) is 12.4. The van der Waals surface area contributed by atoms with E-state index in [1.54, 1.807) is 61.7 Å². The minimum atomic E-state index is -1.73. The summed E-state index contributed by atoms with van der Waals surface area (Å²) in [5, 5.41) is 10.7. The van der Waals surface area contributed by atoms with Crippen LogP contribution in [0.15, 0.2) is 78.9 Å². The van der Waals surface area contributed by atoms with Crippen molar-refractivity contribution in [2.75, 3.05) is 19.1 Å². The Bertz CT molecular complexity index is 1510. The maximum Gasteiger partial charge on any atom is 0.329 e. The molecule has 1 fully saturated rings. The van der Waals surface area contributed by atoms with Crippen molar-refractivity contribution in [3.63, 3.8) is 0 Å². The molecule has 0 saturated carbocycles. The molecule has 0 bridgehead atoms. The number of rotatable bonds is 6. The van der Waals surface area contributed by atoms with E-state index >= 15 is 0 Å². The molecule has 0 N–H and O–H groups in total. The fourth-order valence-electron chi connectivity index (χ4n) is 5.74. The van der Waals surface area contributed by atoms with Crippen LogP contribution in [0.2, 0.25) is 0 Å². The van der Waals surface area contributed by atoms with E-state index in [2.05, 4.69) is 6.07 Å². The Morgan fingerprint density at radius 3 is 2.21 bits per heavy atom. The van der Waals surface area contributed by atoms with Crippen molar-refractivity contribution in [2.45, 2.75) is 24.9 Å². The number of Topliss-reactive ketones (excluding diaryl/α,β-unsaturated/α-hetero) is 1. The van der Waals surface area contributed by atoms with E-state index in [1.807, 2.05) is 35.2 Å². The van der Waals surface area contributed by atoms with Crippen molar-refractivity contribution >= 4 is 29.5 Å². The third kappa shape index (κ3) is 4.12. The molecule has 0 radical (unpaired) electrons. The predicted octanol–water partition coefficient (Wildman–Crippen LogP) is 4.55. The molecule has 3 aromatic carbocycles. The summed E-state index contributed by atoms with van der Waals surface area (Å²) in [7, 11) is 2.80. The number of anilines is 1. The Balaban J connectivity index is 1.74. The van der Waals surface area contributed by atoms with E-state index < -0.39 is 35.4 Å². The Hall–Kier alpha value is -4.90. The molecule has 0 aliphatic carbocycles. The third-order valence-corrected chi connectivity index (χ3v) is 7.40. The first-order chi connectivity index (χ1) is 18.8. The fraction of sp³-hybridized carbons (Fsp3) is 0.226. The van der Waals surface area contributed by atoms with E-state index in [0.29, 0.717) is 22.6 Å². The highest BCUT2D eigenvalue weighted by Gasteiger charge is 2.67. The van der Waals surface area contributed by atoms with Gasteiger partial charge >= 0.3 is 11.9 Å². The number of fused-ring (bicyclic) bond motifs is 3. The topological polar surface area (TPSA) is 106 Å². The minimum Gasteiger partial charge on any atom is -0.497 e. The van der Waals surface area contributed by atoms with E-state index in [0.717, 1.165) is 11.3 Å². The first kappa shape index (κ1) is 25.7. The normalized spacial score (nSPS) is 22.7. The number of ketones is 1. The number of nitriles is 1. The Morgan fingerprint density at radius 1 is 0.923 bits per heavy atom. The first-order valence-electron chi connectivity index (χ1n) is 12.4. The van der Waals surface area contributed by atoms with Crippen molar-refractivity contribution in [3.05, 3.63) is 95.6 Å². The number of benzene rings is 3. The second kappa shape index (κ2) is 10.1. The summed E-state index contributed by atoms with van der Waals surface area (Å²) < 4.78 is 15.7. The monoisotopic (exact) mass is 522 g/mol. The quantitative estimate of drug-likeness (QED) is 0.264. The summed E-state index contributed by atoms with van der Waals surface area (Å²) in [6, 6.07) is 21.4. The largest absolute Gasteiger partial charge is 0.497 e. The molecule has 0 amide bonds. The highest BCUT2D eigenvalue weighted by Crippen LogP contribution is 2.56. The molecule has 2 aliphatic heterocycles. The van der Waals surface area contributed by atoms with E-state index in [9.17, 15) is 19.6 Å². The van der Waals surface area contributed by atoms with Gasteiger partial charge in [-0.05, 0) is 53.6 Å². The lowest BCUT2D eigenvalue weighted by molar-refractivity contribution is -0.150. The molecule has 0 spiro atoms. The Kier molecular flexibility index (Phi) is 6.67. The summed E-state index contributed by atoms with van der Waals surface area (Å²) in [4.78, 5) is 41.2. The van der Waals surface area contributed by atoms with Crippen molar-refractivity contribution in [1.29, 1.82) is 5.26 Å². The SMILES string of the molecule is COC(=O)C1(C#N)C(c2ccc(OC)cc2)C(C(=O)c2ccc(OC(C)=O)cc2)N2c3ccccc3C=CC21. The van der Waals surface area contributed by atoms with Crippen molar-refractivity contribution in [3.8, 4) is 17.6 Å². The summed E-state index contributed by atoms with van der Waals surface area (Å²) in [6.07, 6.45) is 3.67. The van der Waals surface area contributed by atoms with Crippen LogP contribution in [0, 0.1) is 16.7 Å². The number of hydrogen-bond acceptors (Lipinski definition) is 8. The summed E-state index contributed by atoms with van der Waals surface area (Å²) in [5.41, 5.74) is 0.839. The van der Waals surface area contributed by atoms with Gasteiger partial charge in [-0.3, -0.25) is 14.4 Å². The molecule has 4 atom stereocenters. The van der Waals surface area contributed by atoms with E-state index in [-0.39, 0.29) is 5.78 Å². The van der Waals surface area contributed by atoms with Crippen LogP contribution in [0.1, 0.15) is 34.3 Å². The molecule has 5 rings (SSSR count). The van der Waals surface area contributed by atoms with Crippen LogP contribution < -0.4 is 14.4 Å². The van der Waals surface area contributed by atoms with E-state index in [1.165, 1.54) is 14.0 Å². The van der Waals surface area contributed by atoms with Gasteiger partial charge in [0.15, 0.2) is 11.2 Å². The number of carbonyl (C=O) groups is 3. The number of methoxy groups -OCH3 is 2. The van der Waals surface area contributed by atoms with Gasteiger partial charge in [0.05, 0.1) is 26.3 Å². The van der Waals surface area contributed by atoms with Gasteiger partial charge in [0, 0.05) is 24.1 Å². The highest BCUT2D eigenvalue weighted by molar-refractivity contribution is 6.06. The molecule has 2 aliphatic rings. The molecule has 196 valence electrons. The Labute approximate surface area is 226 Å². The van der Waals surface area contributed by atoms with Crippen molar-refractivity contribution < 1.29 is 28.6 Å². The zero-order chi connectivity index (χ0) is 27.7. The highest BCUT2D eigenvalue weighted by atomic mass is 16.5. The number of hydrogen-bond donors (Lipinski definition) is 0. The van der Waals surface area contributed by atoms with Gasteiger partial charge in [0.2, 0.25) is 0 Å². The van der Waals surface area contributed by atoms with Crippen LogP contribution in [-0.4, -0.2) is 44.0 Å². The number of esters is 2. The van der Waals surface area contributed by atoms with E-state index in [4.69, 9.17) is 14.2 Å². The van der Waals surface area contributed by atoms with Crippen LogP contribution in [-0.2, 0) is 14.3 Å². The van der Waals surface area contributed by atoms with Gasteiger partial charge < -0.3 is 19.1 Å². The molecule has 8 nitrogen and oxygen atoms in total. The van der Waals surface area contributed by atoms with Gasteiger partial charge in [0.1, 0.15) is 17.5 Å². The number of para-hydroxylation sites is 1. The molecule has 0 aromatic heterocycles. The standard InChI is InChI=1S/C31H26N2O6/c1-19(34)39-24-15-10-22(11-16-24)29(35)28-27(21-8-13-23(37-2)14-9-21)31(18-32,30(36)38-3)26-17-12-20-6-4-5-7-25(20)33(26)28/h4-17,26-28H,1-3H3. The summed E-state index contributed by atoms with van der Waals surface area (Å²) >= 11 is 0. The zero-order valence-electron chi connectivity index (χ0n) is 21.7. The van der Waals surface area contributed by atoms with Gasteiger partial charge in [-0.2, -0.15) is 5.26 Å². The number of ether oxygens (including phenoxy) is 3. The molecule has 1 saturated heterocycles. The maximum absolute atomic E-state index is 14.4.